The average molecular weight is 292 g/mol. The van der Waals surface area contributed by atoms with Crippen molar-refractivity contribution < 1.29 is 9.53 Å². The Kier molecular flexibility index (Phi) is 7.23. The van der Waals surface area contributed by atoms with Crippen molar-refractivity contribution in [1.29, 1.82) is 0 Å². The van der Waals surface area contributed by atoms with E-state index in [0.29, 0.717) is 18.7 Å². The van der Waals surface area contributed by atoms with Crippen LogP contribution in [0.15, 0.2) is 24.3 Å². The number of amides is 1. The molecule has 1 rings (SSSR count). The van der Waals surface area contributed by atoms with Crippen LogP contribution in [-0.2, 0) is 4.74 Å². The normalized spacial score (nSPS) is 11.2. The van der Waals surface area contributed by atoms with E-state index in [1.54, 1.807) is 7.11 Å². The highest BCUT2D eigenvalue weighted by Crippen LogP contribution is 2.19. The molecule has 1 aromatic rings. The van der Waals surface area contributed by atoms with E-state index in [-0.39, 0.29) is 11.3 Å². The fourth-order valence-electron chi connectivity index (χ4n) is 1.90. The standard InChI is InChI=1S/C17H28N2O2/c1-5-11-18-15-8-6-14(7-9-15)16(20)19-13-17(2,3)10-12-21-4/h6-9,18H,5,10-13H2,1-4H3,(H,19,20). The summed E-state index contributed by atoms with van der Waals surface area (Å²) in [6.45, 7) is 8.68. The Morgan fingerprint density at radius 2 is 1.90 bits per heavy atom. The summed E-state index contributed by atoms with van der Waals surface area (Å²) in [5.74, 6) is -0.0254. The van der Waals surface area contributed by atoms with Gasteiger partial charge in [-0.1, -0.05) is 20.8 Å². The number of ether oxygens (including phenoxy) is 1. The van der Waals surface area contributed by atoms with Gasteiger partial charge in [0.25, 0.3) is 5.91 Å². The minimum Gasteiger partial charge on any atom is -0.385 e. The Bertz CT molecular complexity index is 427. The van der Waals surface area contributed by atoms with E-state index in [1.807, 2.05) is 24.3 Å². The molecule has 0 aliphatic carbocycles. The smallest absolute Gasteiger partial charge is 0.251 e. The van der Waals surface area contributed by atoms with Crippen LogP contribution in [0.4, 0.5) is 5.69 Å². The van der Waals surface area contributed by atoms with Crippen LogP contribution in [0, 0.1) is 5.41 Å². The molecule has 0 fully saturated rings. The summed E-state index contributed by atoms with van der Waals surface area (Å²) < 4.78 is 5.09. The van der Waals surface area contributed by atoms with Crippen LogP contribution < -0.4 is 10.6 Å². The first-order valence-corrected chi connectivity index (χ1v) is 7.59. The monoisotopic (exact) mass is 292 g/mol. The lowest BCUT2D eigenvalue weighted by Crippen LogP contribution is -2.34. The highest BCUT2D eigenvalue weighted by molar-refractivity contribution is 5.94. The maximum atomic E-state index is 12.1. The van der Waals surface area contributed by atoms with Gasteiger partial charge >= 0.3 is 0 Å². The average Bonchev–Trinajstić information content (AvgIpc) is 2.49. The lowest BCUT2D eigenvalue weighted by Gasteiger charge is -2.24. The lowest BCUT2D eigenvalue weighted by atomic mass is 9.89. The molecule has 0 aliphatic rings. The third kappa shape index (κ3) is 6.63. The van der Waals surface area contributed by atoms with Crippen LogP contribution in [0.2, 0.25) is 0 Å². The molecule has 0 bridgehead atoms. The second-order valence-corrected chi connectivity index (χ2v) is 6.09. The topological polar surface area (TPSA) is 50.4 Å². The van der Waals surface area contributed by atoms with Crippen molar-refractivity contribution >= 4 is 11.6 Å². The van der Waals surface area contributed by atoms with Gasteiger partial charge in [0.15, 0.2) is 0 Å². The number of anilines is 1. The molecule has 0 radical (unpaired) electrons. The lowest BCUT2D eigenvalue weighted by molar-refractivity contribution is 0.0921. The molecule has 4 nitrogen and oxygen atoms in total. The van der Waals surface area contributed by atoms with Crippen molar-refractivity contribution in [2.24, 2.45) is 5.41 Å². The summed E-state index contributed by atoms with van der Waals surface area (Å²) in [5, 5.41) is 6.29. The molecule has 0 saturated carbocycles. The van der Waals surface area contributed by atoms with Gasteiger partial charge in [-0.25, -0.2) is 0 Å². The molecule has 0 unspecified atom stereocenters. The molecule has 0 aliphatic heterocycles. The van der Waals surface area contributed by atoms with Crippen molar-refractivity contribution in [1.82, 2.24) is 5.32 Å². The Morgan fingerprint density at radius 1 is 1.24 bits per heavy atom. The molecule has 1 aromatic carbocycles. The predicted molar refractivity (Wildman–Crippen MR) is 87.8 cm³/mol. The highest BCUT2D eigenvalue weighted by Gasteiger charge is 2.18. The molecule has 1 amide bonds. The van der Waals surface area contributed by atoms with Gasteiger partial charge in [-0.05, 0) is 42.5 Å². The van der Waals surface area contributed by atoms with Crippen LogP contribution in [-0.4, -0.2) is 32.7 Å². The number of carbonyl (C=O) groups excluding carboxylic acids is 1. The molecular formula is C17H28N2O2. The molecule has 0 atom stereocenters. The molecule has 4 heteroatoms. The third-order valence-corrected chi connectivity index (χ3v) is 3.44. The molecule has 2 N–H and O–H groups in total. The van der Waals surface area contributed by atoms with Gasteiger partial charge in [0.05, 0.1) is 0 Å². The van der Waals surface area contributed by atoms with E-state index in [1.165, 1.54) is 0 Å². The van der Waals surface area contributed by atoms with E-state index < -0.39 is 0 Å². The summed E-state index contributed by atoms with van der Waals surface area (Å²) in [4.78, 5) is 12.1. The largest absolute Gasteiger partial charge is 0.385 e. The zero-order chi connectivity index (χ0) is 15.7. The van der Waals surface area contributed by atoms with E-state index in [4.69, 9.17) is 4.74 Å². The van der Waals surface area contributed by atoms with Gasteiger partial charge in [-0.2, -0.15) is 0 Å². The fourth-order valence-corrected chi connectivity index (χ4v) is 1.90. The first-order valence-electron chi connectivity index (χ1n) is 7.59. The zero-order valence-corrected chi connectivity index (χ0v) is 13.7. The zero-order valence-electron chi connectivity index (χ0n) is 13.7. The minimum absolute atomic E-state index is 0.0254. The van der Waals surface area contributed by atoms with Crippen LogP contribution in [0.3, 0.4) is 0 Å². The molecule has 21 heavy (non-hydrogen) atoms. The molecular weight excluding hydrogens is 264 g/mol. The number of hydrogen-bond acceptors (Lipinski definition) is 3. The summed E-state index contributed by atoms with van der Waals surface area (Å²) in [6, 6.07) is 7.60. The Balaban J connectivity index is 2.48. The van der Waals surface area contributed by atoms with Gasteiger partial charge in [0.1, 0.15) is 0 Å². The maximum Gasteiger partial charge on any atom is 0.251 e. The molecule has 0 spiro atoms. The first-order chi connectivity index (χ1) is 9.98. The molecule has 0 aromatic heterocycles. The summed E-state index contributed by atoms with van der Waals surface area (Å²) in [7, 11) is 1.70. The van der Waals surface area contributed by atoms with E-state index >= 15 is 0 Å². The number of nitrogens with one attached hydrogen (secondary N) is 2. The molecule has 0 heterocycles. The van der Waals surface area contributed by atoms with Crippen molar-refractivity contribution in [3.05, 3.63) is 29.8 Å². The summed E-state index contributed by atoms with van der Waals surface area (Å²) in [6.07, 6.45) is 2.00. The van der Waals surface area contributed by atoms with Crippen molar-refractivity contribution in [3.63, 3.8) is 0 Å². The van der Waals surface area contributed by atoms with Crippen molar-refractivity contribution in [2.75, 3.05) is 32.1 Å². The second-order valence-electron chi connectivity index (χ2n) is 6.09. The van der Waals surface area contributed by atoms with Gasteiger partial charge in [0, 0.05) is 38.1 Å². The van der Waals surface area contributed by atoms with E-state index in [2.05, 4.69) is 31.4 Å². The Hall–Kier alpha value is -1.55. The van der Waals surface area contributed by atoms with Crippen LogP contribution >= 0.6 is 0 Å². The number of rotatable bonds is 9. The molecule has 118 valence electrons. The quantitative estimate of drug-likeness (QED) is 0.734. The highest BCUT2D eigenvalue weighted by atomic mass is 16.5. The van der Waals surface area contributed by atoms with Gasteiger partial charge in [-0.3, -0.25) is 4.79 Å². The van der Waals surface area contributed by atoms with Crippen molar-refractivity contribution in [2.45, 2.75) is 33.6 Å². The van der Waals surface area contributed by atoms with E-state index in [0.717, 1.165) is 25.1 Å². The van der Waals surface area contributed by atoms with E-state index in [9.17, 15) is 4.79 Å². The summed E-state index contributed by atoms with van der Waals surface area (Å²) >= 11 is 0. The number of hydrogen-bond donors (Lipinski definition) is 2. The van der Waals surface area contributed by atoms with Crippen LogP contribution in [0.5, 0.6) is 0 Å². The fraction of sp³-hybridized carbons (Fsp3) is 0.588. The maximum absolute atomic E-state index is 12.1. The van der Waals surface area contributed by atoms with Gasteiger partial charge in [0.2, 0.25) is 0 Å². The third-order valence-electron chi connectivity index (χ3n) is 3.44. The van der Waals surface area contributed by atoms with Crippen LogP contribution in [0.25, 0.3) is 0 Å². The number of benzene rings is 1. The SMILES string of the molecule is CCCNc1ccc(C(=O)NCC(C)(C)CCOC)cc1. The summed E-state index contributed by atoms with van der Waals surface area (Å²) in [5.41, 5.74) is 1.78. The Morgan fingerprint density at radius 3 is 2.48 bits per heavy atom. The second kappa shape index (κ2) is 8.67. The minimum atomic E-state index is -0.0254. The number of methoxy groups -OCH3 is 1. The Labute approximate surface area is 128 Å². The predicted octanol–water partition coefficient (Wildman–Crippen LogP) is 3.30. The van der Waals surface area contributed by atoms with Crippen molar-refractivity contribution in [3.8, 4) is 0 Å². The first kappa shape index (κ1) is 17.5. The number of carbonyl (C=O) groups is 1. The van der Waals surface area contributed by atoms with Gasteiger partial charge in [-0.15, -0.1) is 0 Å². The van der Waals surface area contributed by atoms with Gasteiger partial charge < -0.3 is 15.4 Å². The van der Waals surface area contributed by atoms with Crippen LogP contribution in [0.1, 0.15) is 44.0 Å². The molecule has 0 saturated heterocycles.